The van der Waals surface area contributed by atoms with E-state index >= 15 is 0 Å². The lowest BCUT2D eigenvalue weighted by atomic mass is 10.1. The molecule has 1 rings (SSSR count). The fourth-order valence-corrected chi connectivity index (χ4v) is 1.26. The number of benzene rings is 1. The first-order valence-electron chi connectivity index (χ1n) is 4.61. The summed E-state index contributed by atoms with van der Waals surface area (Å²) in [6.07, 6.45) is 1.28. The topological polar surface area (TPSA) is 61.9 Å². The Kier molecular flexibility index (Phi) is 2.79. The Balaban J connectivity index is 3.08. The maximum absolute atomic E-state index is 7.29. The highest BCUT2D eigenvalue weighted by atomic mass is 15.0. The summed E-state index contributed by atoms with van der Waals surface area (Å²) in [5, 5.41) is 10.6. The zero-order valence-electron chi connectivity index (χ0n) is 8.89. The summed E-state index contributed by atoms with van der Waals surface area (Å²) in [5.74, 6) is 0. The molecule has 3 heteroatoms. The van der Waals surface area contributed by atoms with Crippen LogP contribution in [0.1, 0.15) is 26.3 Å². The van der Waals surface area contributed by atoms with Gasteiger partial charge in [-0.05, 0) is 32.9 Å². The highest BCUT2D eigenvalue weighted by Crippen LogP contribution is 2.22. The molecular weight excluding hydrogens is 174 g/mol. The minimum absolute atomic E-state index is 0.0223. The van der Waals surface area contributed by atoms with E-state index in [2.05, 4.69) is 26.1 Å². The van der Waals surface area contributed by atoms with E-state index in [0.29, 0.717) is 5.69 Å². The molecule has 0 amide bonds. The van der Waals surface area contributed by atoms with Crippen molar-refractivity contribution < 1.29 is 0 Å². The molecule has 0 heterocycles. The van der Waals surface area contributed by atoms with E-state index in [1.165, 1.54) is 6.21 Å². The first-order valence-corrected chi connectivity index (χ1v) is 4.61. The largest absolute Gasteiger partial charge is 0.398 e. The van der Waals surface area contributed by atoms with Gasteiger partial charge in [0.2, 0.25) is 0 Å². The summed E-state index contributed by atoms with van der Waals surface area (Å²) >= 11 is 0. The Labute approximate surface area is 84.8 Å². The number of anilines is 2. The lowest BCUT2D eigenvalue weighted by Crippen LogP contribution is -2.26. The van der Waals surface area contributed by atoms with Crippen molar-refractivity contribution in [2.24, 2.45) is 0 Å². The number of hydrogen-bond acceptors (Lipinski definition) is 3. The molecule has 1 aromatic rings. The summed E-state index contributed by atoms with van der Waals surface area (Å²) in [7, 11) is 0. The van der Waals surface area contributed by atoms with Gasteiger partial charge in [-0.2, -0.15) is 0 Å². The predicted molar refractivity (Wildman–Crippen MR) is 62.1 cm³/mol. The SMILES string of the molecule is CC(C)(C)Nc1cccc(N)c1C=N. The highest BCUT2D eigenvalue weighted by molar-refractivity contribution is 5.92. The summed E-state index contributed by atoms with van der Waals surface area (Å²) in [4.78, 5) is 0. The van der Waals surface area contributed by atoms with Gasteiger partial charge >= 0.3 is 0 Å². The van der Waals surface area contributed by atoms with Crippen molar-refractivity contribution in [2.75, 3.05) is 11.1 Å². The molecule has 1 aromatic carbocycles. The van der Waals surface area contributed by atoms with Crippen LogP contribution in [0.15, 0.2) is 18.2 Å². The Morgan fingerprint density at radius 2 is 2.00 bits per heavy atom. The molecule has 0 bridgehead atoms. The monoisotopic (exact) mass is 191 g/mol. The fourth-order valence-electron chi connectivity index (χ4n) is 1.26. The van der Waals surface area contributed by atoms with E-state index in [4.69, 9.17) is 11.1 Å². The third kappa shape index (κ3) is 2.49. The Bertz CT molecular complexity index is 337. The third-order valence-corrected chi connectivity index (χ3v) is 1.79. The second-order valence-electron chi connectivity index (χ2n) is 4.33. The third-order valence-electron chi connectivity index (χ3n) is 1.79. The molecule has 0 saturated heterocycles. The van der Waals surface area contributed by atoms with Gasteiger partial charge in [0, 0.05) is 28.7 Å². The van der Waals surface area contributed by atoms with E-state index in [-0.39, 0.29) is 5.54 Å². The van der Waals surface area contributed by atoms with E-state index in [1.54, 1.807) is 6.07 Å². The normalized spacial score (nSPS) is 11.1. The number of nitrogen functional groups attached to an aromatic ring is 1. The van der Waals surface area contributed by atoms with Crippen molar-refractivity contribution >= 4 is 17.6 Å². The van der Waals surface area contributed by atoms with Crippen LogP contribution < -0.4 is 11.1 Å². The van der Waals surface area contributed by atoms with Crippen molar-refractivity contribution in [2.45, 2.75) is 26.3 Å². The van der Waals surface area contributed by atoms with Crippen LogP contribution in [0.5, 0.6) is 0 Å². The van der Waals surface area contributed by atoms with Crippen molar-refractivity contribution in [3.63, 3.8) is 0 Å². The molecule has 4 N–H and O–H groups in total. The van der Waals surface area contributed by atoms with Gasteiger partial charge in [0.05, 0.1) is 0 Å². The van der Waals surface area contributed by atoms with Crippen LogP contribution >= 0.6 is 0 Å². The molecule has 0 aliphatic rings. The van der Waals surface area contributed by atoms with Gasteiger partial charge in [0.25, 0.3) is 0 Å². The quantitative estimate of drug-likeness (QED) is 0.496. The van der Waals surface area contributed by atoms with Crippen molar-refractivity contribution in [3.05, 3.63) is 23.8 Å². The van der Waals surface area contributed by atoms with E-state index in [9.17, 15) is 0 Å². The Morgan fingerprint density at radius 3 is 2.50 bits per heavy atom. The maximum atomic E-state index is 7.29. The molecule has 0 aromatic heterocycles. The molecule has 0 spiro atoms. The number of hydrogen-bond donors (Lipinski definition) is 3. The highest BCUT2D eigenvalue weighted by Gasteiger charge is 2.12. The second kappa shape index (κ2) is 3.70. The number of nitrogens with one attached hydrogen (secondary N) is 2. The molecule has 0 unspecified atom stereocenters. The maximum Gasteiger partial charge on any atom is 0.0454 e. The average Bonchev–Trinajstić information content (AvgIpc) is 2.01. The zero-order chi connectivity index (χ0) is 10.8. The van der Waals surface area contributed by atoms with Gasteiger partial charge in [-0.25, -0.2) is 0 Å². The van der Waals surface area contributed by atoms with E-state index < -0.39 is 0 Å². The molecule has 0 fully saturated rings. The first-order chi connectivity index (χ1) is 6.44. The van der Waals surface area contributed by atoms with Gasteiger partial charge in [0.15, 0.2) is 0 Å². The van der Waals surface area contributed by atoms with Crippen LogP contribution in [0.4, 0.5) is 11.4 Å². The molecule has 76 valence electrons. The van der Waals surface area contributed by atoms with Gasteiger partial charge in [-0.15, -0.1) is 0 Å². The number of rotatable bonds is 2. The van der Waals surface area contributed by atoms with Crippen LogP contribution in [-0.2, 0) is 0 Å². The van der Waals surface area contributed by atoms with Crippen molar-refractivity contribution in [1.82, 2.24) is 0 Å². The minimum Gasteiger partial charge on any atom is -0.398 e. The predicted octanol–water partition coefficient (Wildman–Crippen LogP) is 2.48. The molecule has 0 aliphatic carbocycles. The van der Waals surface area contributed by atoms with Gasteiger partial charge < -0.3 is 16.5 Å². The van der Waals surface area contributed by atoms with E-state index in [1.807, 2.05) is 12.1 Å². The van der Waals surface area contributed by atoms with Crippen molar-refractivity contribution in [1.29, 1.82) is 5.41 Å². The smallest absolute Gasteiger partial charge is 0.0454 e. The first kappa shape index (κ1) is 10.6. The molecule has 0 aliphatic heterocycles. The van der Waals surface area contributed by atoms with Gasteiger partial charge in [-0.1, -0.05) is 6.07 Å². The van der Waals surface area contributed by atoms with Crippen molar-refractivity contribution in [3.8, 4) is 0 Å². The molecule has 0 radical (unpaired) electrons. The Morgan fingerprint density at radius 1 is 1.36 bits per heavy atom. The van der Waals surface area contributed by atoms with Crippen LogP contribution in [0, 0.1) is 5.41 Å². The molecule has 0 atom stereocenters. The summed E-state index contributed by atoms with van der Waals surface area (Å²) in [6, 6.07) is 5.62. The Hall–Kier alpha value is -1.51. The second-order valence-corrected chi connectivity index (χ2v) is 4.33. The van der Waals surface area contributed by atoms with E-state index in [0.717, 1.165) is 11.3 Å². The lowest BCUT2D eigenvalue weighted by Gasteiger charge is -2.23. The standard InChI is InChI=1S/C11H17N3/c1-11(2,3)14-10-6-4-5-9(13)8(10)7-12/h4-7,12,14H,13H2,1-3H3. The summed E-state index contributed by atoms with van der Waals surface area (Å²) in [6.45, 7) is 6.22. The van der Waals surface area contributed by atoms with Crippen LogP contribution in [0.2, 0.25) is 0 Å². The summed E-state index contributed by atoms with van der Waals surface area (Å²) in [5.41, 5.74) is 8.03. The lowest BCUT2D eigenvalue weighted by molar-refractivity contribution is 0.634. The zero-order valence-corrected chi connectivity index (χ0v) is 8.89. The molecule has 14 heavy (non-hydrogen) atoms. The summed E-state index contributed by atoms with van der Waals surface area (Å²) < 4.78 is 0. The van der Waals surface area contributed by atoms with Gasteiger partial charge in [-0.3, -0.25) is 0 Å². The minimum atomic E-state index is -0.0223. The molecule has 0 saturated carbocycles. The van der Waals surface area contributed by atoms with Gasteiger partial charge in [0.1, 0.15) is 0 Å². The average molecular weight is 191 g/mol. The van der Waals surface area contributed by atoms with Crippen LogP contribution in [-0.4, -0.2) is 11.8 Å². The fraction of sp³-hybridized carbons (Fsp3) is 0.364. The molecule has 3 nitrogen and oxygen atoms in total. The number of nitrogens with two attached hydrogens (primary N) is 1. The molecular formula is C11H17N3. The van der Waals surface area contributed by atoms with Crippen LogP contribution in [0.3, 0.4) is 0 Å². The van der Waals surface area contributed by atoms with Crippen LogP contribution in [0.25, 0.3) is 0 Å².